The molecule has 0 aliphatic carbocycles. The number of aliphatic hydroxyl groups is 1. The molecule has 0 bridgehead atoms. The summed E-state index contributed by atoms with van der Waals surface area (Å²) in [5.74, 6) is 2.35. The second-order valence-electron chi connectivity index (χ2n) is 8.27. The van der Waals surface area contributed by atoms with Gasteiger partial charge < -0.3 is 19.0 Å². The van der Waals surface area contributed by atoms with Crippen molar-refractivity contribution in [3.63, 3.8) is 0 Å². The number of ether oxygens (including phenoxy) is 2. The van der Waals surface area contributed by atoms with Gasteiger partial charge in [-0.3, -0.25) is 0 Å². The summed E-state index contributed by atoms with van der Waals surface area (Å²) in [6.07, 6.45) is 11.9. The Kier molecular flexibility index (Phi) is 6.64. The van der Waals surface area contributed by atoms with Crippen molar-refractivity contribution in [2.75, 3.05) is 13.2 Å². The largest absolute Gasteiger partial charge is 0.465 e. The quantitative estimate of drug-likeness (QED) is 0.373. The lowest BCUT2D eigenvalue weighted by Crippen LogP contribution is -2.34. The Morgan fingerprint density at radius 2 is 2.06 bits per heavy atom. The fourth-order valence-corrected chi connectivity index (χ4v) is 6.27. The molecular weight excluding hydrogens is 440 g/mol. The van der Waals surface area contributed by atoms with Crippen molar-refractivity contribution in [2.45, 2.75) is 50.2 Å². The molecule has 2 aliphatic rings. The highest BCUT2D eigenvalue weighted by Gasteiger charge is 2.36. The van der Waals surface area contributed by atoms with E-state index in [2.05, 4.69) is 53.9 Å². The van der Waals surface area contributed by atoms with Crippen molar-refractivity contribution in [2.24, 2.45) is 0 Å². The molecule has 1 saturated heterocycles. The average Bonchev–Trinajstić information content (AvgIpc) is 3.60. The van der Waals surface area contributed by atoms with Crippen LogP contribution in [0.3, 0.4) is 0 Å². The first-order valence-electron chi connectivity index (χ1n) is 11.3. The molecule has 1 N–H and O–H groups in total. The zero-order chi connectivity index (χ0) is 21.8. The predicted molar refractivity (Wildman–Crippen MR) is 129 cm³/mol. The summed E-state index contributed by atoms with van der Waals surface area (Å²) in [6, 6.07) is 12.8. The number of unbranched alkanes of at least 4 members (excludes halogenated alkanes) is 1. The minimum Gasteiger partial charge on any atom is -0.465 e. The van der Waals surface area contributed by atoms with E-state index in [1.807, 2.05) is 6.08 Å². The van der Waals surface area contributed by atoms with E-state index in [0.717, 1.165) is 67.3 Å². The molecule has 0 amide bonds. The van der Waals surface area contributed by atoms with Crippen LogP contribution in [0.1, 0.15) is 64.2 Å². The fourth-order valence-electron chi connectivity index (χ4n) is 4.27. The summed E-state index contributed by atoms with van der Waals surface area (Å²) >= 11 is 3.52. The van der Waals surface area contributed by atoms with E-state index in [4.69, 9.17) is 19.0 Å². The summed E-state index contributed by atoms with van der Waals surface area (Å²) in [5, 5.41) is 11.2. The molecule has 0 aromatic carbocycles. The molecule has 0 radical (unpaired) electrons. The van der Waals surface area contributed by atoms with Crippen molar-refractivity contribution < 1.29 is 19.0 Å². The molecule has 3 aromatic heterocycles. The number of hydrogen-bond acceptors (Lipinski definition) is 6. The van der Waals surface area contributed by atoms with Crippen LogP contribution in [0.2, 0.25) is 0 Å². The molecule has 2 unspecified atom stereocenters. The molecule has 168 valence electrons. The first-order chi connectivity index (χ1) is 15.7. The maximum Gasteiger partial charge on any atom is 0.230 e. The molecule has 2 aliphatic heterocycles. The summed E-state index contributed by atoms with van der Waals surface area (Å²) < 4.78 is 18.3. The Balaban J connectivity index is 1.36. The van der Waals surface area contributed by atoms with Gasteiger partial charge in [0.1, 0.15) is 17.3 Å². The average molecular weight is 469 g/mol. The van der Waals surface area contributed by atoms with Gasteiger partial charge in [-0.25, -0.2) is 0 Å². The van der Waals surface area contributed by atoms with Crippen LogP contribution in [0.15, 0.2) is 64.1 Å². The summed E-state index contributed by atoms with van der Waals surface area (Å²) in [5.41, 5.74) is 0. The van der Waals surface area contributed by atoms with Crippen LogP contribution in [0, 0.1) is 0 Å². The van der Waals surface area contributed by atoms with Crippen LogP contribution < -0.4 is 0 Å². The van der Waals surface area contributed by atoms with Gasteiger partial charge in [-0.05, 0) is 79.6 Å². The van der Waals surface area contributed by atoms with Crippen LogP contribution in [-0.4, -0.2) is 24.1 Å². The molecule has 5 heterocycles. The minimum atomic E-state index is -0.551. The van der Waals surface area contributed by atoms with E-state index in [1.165, 1.54) is 9.75 Å². The Hall–Kier alpha value is -2.12. The topological polar surface area (TPSA) is 51.8 Å². The number of furan rings is 1. The van der Waals surface area contributed by atoms with E-state index in [-0.39, 0.29) is 12.5 Å². The molecule has 1 spiro atoms. The Morgan fingerprint density at radius 1 is 1.09 bits per heavy atom. The predicted octanol–water partition coefficient (Wildman–Crippen LogP) is 6.72. The molecule has 32 heavy (non-hydrogen) atoms. The second-order valence-corrected chi connectivity index (χ2v) is 10.4. The van der Waals surface area contributed by atoms with Crippen molar-refractivity contribution in [1.82, 2.24) is 0 Å². The van der Waals surface area contributed by atoms with Gasteiger partial charge in [-0.2, -0.15) is 0 Å². The Morgan fingerprint density at radius 3 is 2.88 bits per heavy atom. The Labute approximate surface area is 196 Å². The molecule has 5 rings (SSSR count). The van der Waals surface area contributed by atoms with Gasteiger partial charge in [-0.1, -0.05) is 6.07 Å². The smallest absolute Gasteiger partial charge is 0.230 e. The number of allylic oxidation sites excluding steroid dienone is 1. The monoisotopic (exact) mass is 468 g/mol. The zero-order valence-electron chi connectivity index (χ0n) is 18.0. The maximum absolute atomic E-state index is 9.04. The van der Waals surface area contributed by atoms with E-state index >= 15 is 0 Å². The summed E-state index contributed by atoms with van der Waals surface area (Å²) in [7, 11) is 0. The SMILES string of the molecule is OCCCCc1ccc(C(c2cccs2)c2ccc(/C=C3/C=CC4(CCCCO4)O3)s2)o1. The van der Waals surface area contributed by atoms with E-state index in [9.17, 15) is 0 Å². The van der Waals surface area contributed by atoms with Crippen LogP contribution in [0.25, 0.3) is 6.08 Å². The number of aryl methyl sites for hydroxylation is 1. The van der Waals surface area contributed by atoms with Gasteiger partial charge in [0.05, 0.1) is 12.5 Å². The lowest BCUT2D eigenvalue weighted by atomic mass is 10.0. The van der Waals surface area contributed by atoms with E-state index < -0.39 is 5.79 Å². The van der Waals surface area contributed by atoms with Crippen molar-refractivity contribution in [3.8, 4) is 0 Å². The number of hydrogen-bond donors (Lipinski definition) is 1. The van der Waals surface area contributed by atoms with E-state index in [1.54, 1.807) is 22.7 Å². The normalized spacial score (nSPS) is 22.6. The highest BCUT2D eigenvalue weighted by molar-refractivity contribution is 7.13. The van der Waals surface area contributed by atoms with Crippen molar-refractivity contribution in [3.05, 3.63) is 85.8 Å². The molecular formula is C26H28O4S2. The highest BCUT2D eigenvalue weighted by Crippen LogP contribution is 2.41. The molecule has 0 saturated carbocycles. The number of aliphatic hydroxyl groups excluding tert-OH is 1. The number of thiophene rings is 2. The third-order valence-electron chi connectivity index (χ3n) is 5.90. The second kappa shape index (κ2) is 9.79. The molecule has 1 fully saturated rings. The van der Waals surface area contributed by atoms with Crippen LogP contribution in [0.4, 0.5) is 0 Å². The molecule has 6 heteroatoms. The van der Waals surface area contributed by atoms with Crippen molar-refractivity contribution >= 4 is 28.7 Å². The van der Waals surface area contributed by atoms with Gasteiger partial charge >= 0.3 is 0 Å². The van der Waals surface area contributed by atoms with Gasteiger partial charge in [0.15, 0.2) is 0 Å². The third-order valence-corrected chi connectivity index (χ3v) is 7.93. The van der Waals surface area contributed by atoms with Gasteiger partial charge in [-0.15, -0.1) is 22.7 Å². The maximum atomic E-state index is 9.04. The first-order valence-corrected chi connectivity index (χ1v) is 13.0. The summed E-state index contributed by atoms with van der Waals surface area (Å²) in [4.78, 5) is 3.68. The molecule has 2 atom stereocenters. The van der Waals surface area contributed by atoms with Crippen molar-refractivity contribution in [1.29, 1.82) is 0 Å². The molecule has 4 nitrogen and oxygen atoms in total. The lowest BCUT2D eigenvalue weighted by molar-refractivity contribution is -0.191. The van der Waals surface area contributed by atoms with Gasteiger partial charge in [0.2, 0.25) is 5.79 Å². The highest BCUT2D eigenvalue weighted by atomic mass is 32.1. The van der Waals surface area contributed by atoms with Gasteiger partial charge in [0.25, 0.3) is 0 Å². The minimum absolute atomic E-state index is 0.0896. The van der Waals surface area contributed by atoms with E-state index in [0.29, 0.717) is 0 Å². The Bertz CT molecular complexity index is 1070. The van der Waals surface area contributed by atoms with Crippen LogP contribution >= 0.6 is 22.7 Å². The standard InChI is InChI=1S/C26H28O4S2/c27-15-3-1-6-19-8-10-22(29-19)25(23-7-5-17-31-23)24-11-9-21(32-24)18-20-12-14-26(30-20)13-2-4-16-28-26/h5,7-12,14,17-18,25,27H,1-4,6,13,15-16H2/b20-18-. The van der Waals surface area contributed by atoms with Crippen LogP contribution in [-0.2, 0) is 15.9 Å². The lowest BCUT2D eigenvalue weighted by Gasteiger charge is -2.31. The zero-order valence-corrected chi connectivity index (χ0v) is 19.6. The molecule has 3 aromatic rings. The first kappa shape index (κ1) is 21.7. The third kappa shape index (κ3) is 4.79. The fraction of sp³-hybridized carbons (Fsp3) is 0.385. The summed E-state index contributed by atoms with van der Waals surface area (Å²) in [6.45, 7) is 0.986. The number of rotatable bonds is 8. The van der Waals surface area contributed by atoms with Gasteiger partial charge in [0, 0.05) is 34.1 Å². The van der Waals surface area contributed by atoms with Crippen LogP contribution in [0.5, 0.6) is 0 Å².